The number of aromatic nitrogens is 1. The molecule has 0 fully saturated rings. The molecule has 0 saturated carbocycles. The van der Waals surface area contributed by atoms with Gasteiger partial charge in [-0.25, -0.2) is 4.98 Å². The summed E-state index contributed by atoms with van der Waals surface area (Å²) in [5, 5.41) is 15.1. The highest BCUT2D eigenvalue weighted by molar-refractivity contribution is 5.87. The number of anilines is 1. The van der Waals surface area contributed by atoms with Crippen molar-refractivity contribution < 1.29 is 14.4 Å². The van der Waals surface area contributed by atoms with Gasteiger partial charge in [0.25, 0.3) is 5.69 Å². The van der Waals surface area contributed by atoms with Crippen LogP contribution in [-0.2, 0) is 0 Å². The molecule has 0 aliphatic carbocycles. The Hall–Kier alpha value is -3.16. The van der Waals surface area contributed by atoms with Gasteiger partial charge in [-0.1, -0.05) is 6.07 Å². The first kappa shape index (κ1) is 15.2. The van der Waals surface area contributed by atoms with Crippen LogP contribution in [0.4, 0.5) is 11.5 Å². The van der Waals surface area contributed by atoms with Crippen LogP contribution in [0.3, 0.4) is 0 Å². The molecule has 0 radical (unpaired) electrons. The summed E-state index contributed by atoms with van der Waals surface area (Å²) in [7, 11) is 2.87. The lowest BCUT2D eigenvalue weighted by Gasteiger charge is -2.08. The fourth-order valence-corrected chi connectivity index (χ4v) is 1.74. The number of rotatable bonds is 6. The van der Waals surface area contributed by atoms with Gasteiger partial charge in [0, 0.05) is 6.20 Å². The minimum absolute atomic E-state index is 0.135. The van der Waals surface area contributed by atoms with Crippen molar-refractivity contribution in [2.45, 2.75) is 0 Å². The molecule has 2 aromatic rings. The number of nitro groups is 1. The average molecular weight is 302 g/mol. The lowest BCUT2D eigenvalue weighted by Crippen LogP contribution is -2.00. The molecule has 0 atom stereocenters. The Labute approximate surface area is 126 Å². The van der Waals surface area contributed by atoms with E-state index in [4.69, 9.17) is 9.47 Å². The van der Waals surface area contributed by atoms with E-state index in [9.17, 15) is 10.1 Å². The van der Waals surface area contributed by atoms with E-state index in [-0.39, 0.29) is 17.0 Å². The summed E-state index contributed by atoms with van der Waals surface area (Å²) in [5.41, 5.74) is 2.84. The van der Waals surface area contributed by atoms with Gasteiger partial charge in [-0.2, -0.15) is 5.10 Å². The van der Waals surface area contributed by atoms with Gasteiger partial charge in [0.05, 0.1) is 37.0 Å². The molecule has 8 heteroatoms. The zero-order valence-corrected chi connectivity index (χ0v) is 12.0. The molecule has 22 heavy (non-hydrogen) atoms. The lowest BCUT2D eigenvalue weighted by molar-refractivity contribution is -0.385. The fraction of sp³-hybridized carbons (Fsp3) is 0.143. The number of methoxy groups -OCH3 is 2. The van der Waals surface area contributed by atoms with Crippen molar-refractivity contribution in [1.82, 2.24) is 4.98 Å². The molecule has 0 amide bonds. The molecule has 0 aliphatic heterocycles. The van der Waals surface area contributed by atoms with Crippen LogP contribution in [-0.4, -0.2) is 30.3 Å². The van der Waals surface area contributed by atoms with Crippen molar-refractivity contribution >= 4 is 17.7 Å². The number of hydrogen-bond donors (Lipinski definition) is 1. The molecule has 114 valence electrons. The monoisotopic (exact) mass is 302 g/mol. The molecule has 8 nitrogen and oxygen atoms in total. The molecular weight excluding hydrogens is 288 g/mol. The molecule has 2 rings (SSSR count). The first-order valence-corrected chi connectivity index (χ1v) is 6.26. The molecule has 0 saturated heterocycles. The van der Waals surface area contributed by atoms with Crippen LogP contribution in [0, 0.1) is 10.1 Å². The van der Waals surface area contributed by atoms with E-state index in [1.807, 2.05) is 0 Å². The van der Waals surface area contributed by atoms with Crippen LogP contribution < -0.4 is 14.9 Å². The average Bonchev–Trinajstić information content (AvgIpc) is 2.55. The lowest BCUT2D eigenvalue weighted by atomic mass is 10.1. The highest BCUT2D eigenvalue weighted by Gasteiger charge is 2.18. The van der Waals surface area contributed by atoms with Gasteiger partial charge < -0.3 is 9.47 Å². The van der Waals surface area contributed by atoms with Crippen LogP contribution >= 0.6 is 0 Å². The number of benzene rings is 1. The zero-order chi connectivity index (χ0) is 15.9. The Balaban J connectivity index is 2.30. The molecule has 0 unspecified atom stereocenters. The highest BCUT2D eigenvalue weighted by atomic mass is 16.6. The van der Waals surface area contributed by atoms with Crippen molar-refractivity contribution in [2.24, 2.45) is 5.10 Å². The number of hydrogen-bond acceptors (Lipinski definition) is 7. The van der Waals surface area contributed by atoms with Gasteiger partial charge in [-0.05, 0) is 18.2 Å². The Morgan fingerprint density at radius 2 is 2.00 bits per heavy atom. The van der Waals surface area contributed by atoms with E-state index in [2.05, 4.69) is 15.5 Å². The Bertz CT molecular complexity index is 689. The summed E-state index contributed by atoms with van der Waals surface area (Å²) >= 11 is 0. The summed E-state index contributed by atoms with van der Waals surface area (Å²) in [6.45, 7) is 0. The molecule has 0 bridgehead atoms. The number of hydrazone groups is 1. The standard InChI is InChI=1S/C14H14N4O4/c1-21-12-7-10(11(18(19)20)8-13(12)22-2)9-16-17-14-5-3-4-6-15-14/h3-9H,1-2H3,(H,15,17). The van der Waals surface area contributed by atoms with Gasteiger partial charge in [-0.15, -0.1) is 0 Å². The van der Waals surface area contributed by atoms with Gasteiger partial charge in [0.2, 0.25) is 0 Å². The molecule has 1 aromatic carbocycles. The van der Waals surface area contributed by atoms with Gasteiger partial charge in [-0.3, -0.25) is 15.5 Å². The van der Waals surface area contributed by atoms with E-state index in [0.717, 1.165) is 0 Å². The second-order valence-corrected chi connectivity index (χ2v) is 4.11. The Morgan fingerprint density at radius 1 is 1.27 bits per heavy atom. The third-order valence-electron chi connectivity index (χ3n) is 2.78. The van der Waals surface area contributed by atoms with E-state index in [1.165, 1.54) is 32.6 Å². The summed E-state index contributed by atoms with van der Waals surface area (Å²) in [4.78, 5) is 14.7. The smallest absolute Gasteiger partial charge is 0.282 e. The second kappa shape index (κ2) is 7.02. The minimum Gasteiger partial charge on any atom is -0.493 e. The van der Waals surface area contributed by atoms with Crippen molar-refractivity contribution in [1.29, 1.82) is 0 Å². The first-order chi connectivity index (χ1) is 10.7. The second-order valence-electron chi connectivity index (χ2n) is 4.11. The van der Waals surface area contributed by atoms with E-state index in [0.29, 0.717) is 11.6 Å². The third-order valence-corrected chi connectivity index (χ3v) is 2.78. The van der Waals surface area contributed by atoms with Gasteiger partial charge in [0.1, 0.15) is 5.82 Å². The van der Waals surface area contributed by atoms with Crippen LogP contribution in [0.15, 0.2) is 41.6 Å². The topological polar surface area (TPSA) is 98.9 Å². The van der Waals surface area contributed by atoms with E-state index >= 15 is 0 Å². The Morgan fingerprint density at radius 3 is 2.59 bits per heavy atom. The summed E-state index contributed by atoms with van der Waals surface area (Å²) in [6, 6.07) is 8.07. The van der Waals surface area contributed by atoms with Crippen LogP contribution in [0.2, 0.25) is 0 Å². The van der Waals surface area contributed by atoms with Gasteiger partial charge >= 0.3 is 0 Å². The molecular formula is C14H14N4O4. The number of nitrogens with one attached hydrogen (secondary N) is 1. The fourth-order valence-electron chi connectivity index (χ4n) is 1.74. The van der Waals surface area contributed by atoms with Crippen LogP contribution in [0.25, 0.3) is 0 Å². The number of nitro benzene ring substituents is 1. The summed E-state index contributed by atoms with van der Waals surface area (Å²) in [6.07, 6.45) is 2.94. The van der Waals surface area contributed by atoms with Crippen molar-refractivity contribution in [3.63, 3.8) is 0 Å². The summed E-state index contributed by atoms with van der Waals surface area (Å²) < 4.78 is 10.2. The first-order valence-electron chi connectivity index (χ1n) is 6.26. The zero-order valence-electron chi connectivity index (χ0n) is 12.0. The van der Waals surface area contributed by atoms with Crippen LogP contribution in [0.5, 0.6) is 11.5 Å². The maximum absolute atomic E-state index is 11.1. The Kier molecular flexibility index (Phi) is 4.86. The van der Waals surface area contributed by atoms with Crippen LogP contribution in [0.1, 0.15) is 5.56 Å². The molecule has 0 aliphatic rings. The predicted molar refractivity (Wildman–Crippen MR) is 81.7 cm³/mol. The SMILES string of the molecule is COc1cc(C=NNc2ccccn2)c([N+](=O)[O-])cc1OC. The minimum atomic E-state index is -0.510. The normalized spacial score (nSPS) is 10.5. The quantitative estimate of drug-likeness (QED) is 0.500. The number of pyridine rings is 1. The largest absolute Gasteiger partial charge is 0.493 e. The van der Waals surface area contributed by atoms with Crippen molar-refractivity contribution in [3.8, 4) is 11.5 Å². The molecule has 0 spiro atoms. The molecule has 1 N–H and O–H groups in total. The van der Waals surface area contributed by atoms with E-state index < -0.39 is 4.92 Å². The summed E-state index contributed by atoms with van der Waals surface area (Å²) in [5.74, 6) is 1.19. The molecule has 1 heterocycles. The maximum Gasteiger partial charge on any atom is 0.282 e. The maximum atomic E-state index is 11.1. The van der Waals surface area contributed by atoms with Crippen molar-refractivity contribution in [2.75, 3.05) is 19.6 Å². The number of ether oxygens (including phenoxy) is 2. The highest BCUT2D eigenvalue weighted by Crippen LogP contribution is 2.33. The van der Waals surface area contributed by atoms with Gasteiger partial charge in [0.15, 0.2) is 11.5 Å². The van der Waals surface area contributed by atoms with Crippen molar-refractivity contribution in [3.05, 3.63) is 52.2 Å². The third kappa shape index (κ3) is 3.48. The predicted octanol–water partition coefficient (Wildman–Crippen LogP) is 2.45. The molecule has 1 aromatic heterocycles. The number of nitrogens with zero attached hydrogens (tertiary/aromatic N) is 3. The van der Waals surface area contributed by atoms with E-state index in [1.54, 1.807) is 24.4 Å².